The average molecular weight is 339 g/mol. The molecule has 1 heterocycles. The highest BCUT2D eigenvalue weighted by Gasteiger charge is 2.21. The Hall–Kier alpha value is -3.48. The summed E-state index contributed by atoms with van der Waals surface area (Å²) in [4.78, 5) is 23.7. The van der Waals surface area contributed by atoms with Crippen molar-refractivity contribution in [2.45, 2.75) is 6.42 Å². The number of carbonyl (C=O) groups is 2. The SMILES string of the molecule is O=C(Cc1ccccc1)Nc1c(-c2ccc(F)cc2)n[nH]c1C(=O)O. The Morgan fingerprint density at radius 2 is 1.76 bits per heavy atom. The van der Waals surface area contributed by atoms with Crippen LogP contribution in [-0.4, -0.2) is 27.2 Å². The fourth-order valence-electron chi connectivity index (χ4n) is 2.40. The third kappa shape index (κ3) is 3.72. The van der Waals surface area contributed by atoms with Crippen LogP contribution in [0, 0.1) is 5.82 Å². The fraction of sp³-hybridized carbons (Fsp3) is 0.0556. The smallest absolute Gasteiger partial charge is 0.356 e. The summed E-state index contributed by atoms with van der Waals surface area (Å²) in [6.45, 7) is 0. The number of carboxylic acids is 1. The lowest BCUT2D eigenvalue weighted by atomic mass is 10.1. The molecule has 0 saturated heterocycles. The van der Waals surface area contributed by atoms with Crippen molar-refractivity contribution in [2.24, 2.45) is 0 Å². The summed E-state index contributed by atoms with van der Waals surface area (Å²) >= 11 is 0. The highest BCUT2D eigenvalue weighted by atomic mass is 19.1. The minimum Gasteiger partial charge on any atom is -0.476 e. The number of hydrogen-bond donors (Lipinski definition) is 3. The van der Waals surface area contributed by atoms with Crippen molar-refractivity contribution in [2.75, 3.05) is 5.32 Å². The second-order valence-electron chi connectivity index (χ2n) is 5.34. The van der Waals surface area contributed by atoms with Crippen LogP contribution in [0.15, 0.2) is 54.6 Å². The van der Waals surface area contributed by atoms with E-state index in [1.165, 1.54) is 24.3 Å². The molecule has 0 fully saturated rings. The molecular weight excluding hydrogens is 325 g/mol. The highest BCUT2D eigenvalue weighted by Crippen LogP contribution is 2.29. The summed E-state index contributed by atoms with van der Waals surface area (Å²) in [7, 11) is 0. The van der Waals surface area contributed by atoms with Gasteiger partial charge in [-0.25, -0.2) is 9.18 Å². The van der Waals surface area contributed by atoms with Crippen LogP contribution in [-0.2, 0) is 11.2 Å². The number of hydrogen-bond acceptors (Lipinski definition) is 3. The molecule has 0 atom stereocenters. The number of H-pyrrole nitrogens is 1. The molecule has 0 saturated carbocycles. The molecule has 1 amide bonds. The quantitative estimate of drug-likeness (QED) is 0.666. The molecule has 0 aliphatic heterocycles. The molecule has 1 aromatic heterocycles. The predicted molar refractivity (Wildman–Crippen MR) is 89.7 cm³/mol. The van der Waals surface area contributed by atoms with Gasteiger partial charge in [0.05, 0.1) is 6.42 Å². The van der Waals surface area contributed by atoms with Crippen molar-refractivity contribution in [1.82, 2.24) is 10.2 Å². The number of aromatic nitrogens is 2. The van der Waals surface area contributed by atoms with E-state index in [0.29, 0.717) is 5.56 Å². The Bertz CT molecular complexity index is 905. The van der Waals surface area contributed by atoms with Gasteiger partial charge >= 0.3 is 5.97 Å². The Morgan fingerprint density at radius 1 is 1.08 bits per heavy atom. The first kappa shape index (κ1) is 16.4. The van der Waals surface area contributed by atoms with E-state index in [1.807, 2.05) is 18.2 Å². The summed E-state index contributed by atoms with van der Waals surface area (Å²) in [6.07, 6.45) is 0.0912. The third-order valence-corrected chi connectivity index (χ3v) is 3.57. The van der Waals surface area contributed by atoms with Gasteiger partial charge in [0.25, 0.3) is 0 Å². The number of anilines is 1. The van der Waals surface area contributed by atoms with E-state index in [4.69, 9.17) is 0 Å². The van der Waals surface area contributed by atoms with E-state index in [0.717, 1.165) is 5.56 Å². The molecule has 0 spiro atoms. The molecule has 7 heteroatoms. The van der Waals surface area contributed by atoms with Crippen molar-refractivity contribution >= 4 is 17.6 Å². The van der Waals surface area contributed by atoms with Gasteiger partial charge in [-0.15, -0.1) is 0 Å². The monoisotopic (exact) mass is 339 g/mol. The second-order valence-corrected chi connectivity index (χ2v) is 5.34. The first-order valence-corrected chi connectivity index (χ1v) is 7.46. The molecule has 0 radical (unpaired) electrons. The molecule has 0 aliphatic rings. The van der Waals surface area contributed by atoms with Crippen molar-refractivity contribution in [3.63, 3.8) is 0 Å². The number of nitrogens with one attached hydrogen (secondary N) is 2. The van der Waals surface area contributed by atoms with Crippen molar-refractivity contribution < 1.29 is 19.1 Å². The lowest BCUT2D eigenvalue weighted by Gasteiger charge is -2.07. The van der Waals surface area contributed by atoms with Crippen molar-refractivity contribution in [1.29, 1.82) is 0 Å². The number of halogens is 1. The average Bonchev–Trinajstić information content (AvgIpc) is 3.00. The van der Waals surface area contributed by atoms with E-state index in [1.54, 1.807) is 12.1 Å². The molecule has 3 rings (SSSR count). The largest absolute Gasteiger partial charge is 0.476 e. The maximum Gasteiger partial charge on any atom is 0.356 e. The molecule has 0 aliphatic carbocycles. The summed E-state index contributed by atoms with van der Waals surface area (Å²) < 4.78 is 13.1. The standard InChI is InChI=1S/C18H14FN3O3/c19-13-8-6-12(7-9-13)15-16(17(18(24)25)22-21-15)20-14(23)10-11-4-2-1-3-5-11/h1-9H,10H2,(H,20,23)(H,21,22)(H,24,25). The van der Waals surface area contributed by atoms with Gasteiger partial charge < -0.3 is 10.4 Å². The summed E-state index contributed by atoms with van der Waals surface area (Å²) in [5.74, 6) is -2.05. The van der Waals surface area contributed by atoms with Crippen molar-refractivity contribution in [3.05, 3.63) is 71.7 Å². The van der Waals surface area contributed by atoms with Crippen LogP contribution < -0.4 is 5.32 Å². The van der Waals surface area contributed by atoms with Crippen LogP contribution in [0.1, 0.15) is 16.1 Å². The molecule has 6 nitrogen and oxygen atoms in total. The van der Waals surface area contributed by atoms with Gasteiger partial charge in [0, 0.05) is 5.56 Å². The van der Waals surface area contributed by atoms with E-state index >= 15 is 0 Å². The molecule has 3 aromatic rings. The Kier molecular flexibility index (Phi) is 4.56. The topological polar surface area (TPSA) is 95.1 Å². The highest BCUT2D eigenvalue weighted by molar-refractivity contribution is 6.03. The number of carbonyl (C=O) groups excluding carboxylic acids is 1. The number of aromatic amines is 1. The van der Waals surface area contributed by atoms with Crippen LogP contribution in [0.2, 0.25) is 0 Å². The molecule has 0 unspecified atom stereocenters. The van der Waals surface area contributed by atoms with Gasteiger partial charge in [-0.1, -0.05) is 30.3 Å². The second kappa shape index (κ2) is 6.96. The molecule has 25 heavy (non-hydrogen) atoms. The minimum atomic E-state index is -1.25. The normalized spacial score (nSPS) is 10.4. The van der Waals surface area contributed by atoms with Gasteiger partial charge in [0.1, 0.15) is 17.2 Å². The number of amides is 1. The Balaban J connectivity index is 1.90. The van der Waals surface area contributed by atoms with Crippen LogP contribution in [0.4, 0.5) is 10.1 Å². The third-order valence-electron chi connectivity index (χ3n) is 3.57. The zero-order valence-corrected chi connectivity index (χ0v) is 13.0. The lowest BCUT2D eigenvalue weighted by Crippen LogP contribution is -2.16. The number of rotatable bonds is 5. The molecule has 2 aromatic carbocycles. The fourth-order valence-corrected chi connectivity index (χ4v) is 2.40. The van der Waals surface area contributed by atoms with E-state index in [2.05, 4.69) is 15.5 Å². The molecule has 126 valence electrons. The van der Waals surface area contributed by atoms with Crippen LogP contribution >= 0.6 is 0 Å². The summed E-state index contributed by atoms with van der Waals surface area (Å²) in [5.41, 5.74) is 1.34. The van der Waals surface area contributed by atoms with Gasteiger partial charge in [0.15, 0.2) is 5.69 Å². The Labute approximate surface area is 142 Å². The Morgan fingerprint density at radius 3 is 2.40 bits per heavy atom. The van der Waals surface area contributed by atoms with E-state index in [-0.39, 0.29) is 29.4 Å². The summed E-state index contributed by atoms with van der Waals surface area (Å²) in [6, 6.07) is 14.5. The van der Waals surface area contributed by atoms with E-state index in [9.17, 15) is 19.1 Å². The molecule has 0 bridgehead atoms. The van der Waals surface area contributed by atoms with Gasteiger partial charge in [0.2, 0.25) is 5.91 Å². The van der Waals surface area contributed by atoms with Crippen LogP contribution in [0.25, 0.3) is 11.3 Å². The lowest BCUT2D eigenvalue weighted by molar-refractivity contribution is -0.115. The van der Waals surface area contributed by atoms with Crippen LogP contribution in [0.5, 0.6) is 0 Å². The van der Waals surface area contributed by atoms with Gasteiger partial charge in [-0.2, -0.15) is 5.10 Å². The zero-order valence-electron chi connectivity index (χ0n) is 13.0. The van der Waals surface area contributed by atoms with Gasteiger partial charge in [-0.3, -0.25) is 9.89 Å². The predicted octanol–water partition coefficient (Wildman–Crippen LogP) is 3.10. The van der Waals surface area contributed by atoms with Crippen LogP contribution in [0.3, 0.4) is 0 Å². The number of nitrogens with zero attached hydrogens (tertiary/aromatic N) is 1. The van der Waals surface area contributed by atoms with E-state index < -0.39 is 11.8 Å². The maximum atomic E-state index is 13.1. The number of carboxylic acid groups (broad SMARTS) is 1. The van der Waals surface area contributed by atoms with Crippen molar-refractivity contribution in [3.8, 4) is 11.3 Å². The number of aromatic carboxylic acids is 1. The maximum absolute atomic E-state index is 13.1. The molecular formula is C18H14FN3O3. The zero-order chi connectivity index (χ0) is 17.8. The first-order chi connectivity index (χ1) is 12.0. The summed E-state index contributed by atoms with van der Waals surface area (Å²) in [5, 5.41) is 18.2. The molecule has 3 N–H and O–H groups in total. The first-order valence-electron chi connectivity index (χ1n) is 7.46. The van der Waals surface area contributed by atoms with Gasteiger partial charge in [-0.05, 0) is 29.8 Å². The minimum absolute atomic E-state index is 0.0556. The number of benzene rings is 2.